The standard InChI is InChI=1S/C12H14N2O2/c1-10(15)13-8-7-12(16)14-9-11-5-3-2-4-6-11/h2-8H,9H2,1H3,(H,13,15)(H,14,16)/b8-7+. The van der Waals surface area contributed by atoms with E-state index in [1.54, 1.807) is 0 Å². The van der Waals surface area contributed by atoms with Crippen molar-refractivity contribution in [1.29, 1.82) is 0 Å². The van der Waals surface area contributed by atoms with Gasteiger partial charge < -0.3 is 10.6 Å². The molecule has 2 N–H and O–H groups in total. The van der Waals surface area contributed by atoms with Crippen molar-refractivity contribution in [2.45, 2.75) is 13.5 Å². The van der Waals surface area contributed by atoms with Crippen LogP contribution >= 0.6 is 0 Å². The summed E-state index contributed by atoms with van der Waals surface area (Å²) < 4.78 is 0. The van der Waals surface area contributed by atoms with E-state index >= 15 is 0 Å². The summed E-state index contributed by atoms with van der Waals surface area (Å²) in [4.78, 5) is 21.8. The highest BCUT2D eigenvalue weighted by Gasteiger charge is 1.95. The van der Waals surface area contributed by atoms with Gasteiger partial charge in [0.05, 0.1) is 0 Å². The average Bonchev–Trinajstić information content (AvgIpc) is 2.27. The number of hydrogen-bond donors (Lipinski definition) is 2. The fourth-order valence-electron chi connectivity index (χ4n) is 1.08. The monoisotopic (exact) mass is 218 g/mol. The van der Waals surface area contributed by atoms with E-state index in [1.165, 1.54) is 19.2 Å². The number of hydrogen-bond acceptors (Lipinski definition) is 2. The number of rotatable bonds is 4. The molecule has 0 saturated heterocycles. The second-order valence-electron chi connectivity index (χ2n) is 3.24. The van der Waals surface area contributed by atoms with Crippen LogP contribution in [0.3, 0.4) is 0 Å². The lowest BCUT2D eigenvalue weighted by Gasteiger charge is -2.01. The summed E-state index contributed by atoms with van der Waals surface area (Å²) in [6.07, 6.45) is 2.60. The third-order valence-corrected chi connectivity index (χ3v) is 1.83. The van der Waals surface area contributed by atoms with E-state index in [1.807, 2.05) is 30.3 Å². The highest BCUT2D eigenvalue weighted by molar-refractivity contribution is 5.88. The maximum atomic E-state index is 11.2. The minimum absolute atomic E-state index is 0.202. The highest BCUT2D eigenvalue weighted by atomic mass is 16.2. The van der Waals surface area contributed by atoms with Crippen LogP contribution in [0.1, 0.15) is 12.5 Å². The van der Waals surface area contributed by atoms with Crippen molar-refractivity contribution in [2.75, 3.05) is 0 Å². The van der Waals surface area contributed by atoms with Crippen LogP contribution in [-0.4, -0.2) is 11.8 Å². The highest BCUT2D eigenvalue weighted by Crippen LogP contribution is 1.96. The van der Waals surface area contributed by atoms with Crippen molar-refractivity contribution in [1.82, 2.24) is 10.6 Å². The fourth-order valence-corrected chi connectivity index (χ4v) is 1.08. The van der Waals surface area contributed by atoms with E-state index in [2.05, 4.69) is 10.6 Å². The molecule has 16 heavy (non-hydrogen) atoms. The van der Waals surface area contributed by atoms with Crippen LogP contribution in [-0.2, 0) is 16.1 Å². The molecule has 0 heterocycles. The first-order valence-electron chi connectivity index (χ1n) is 4.94. The Labute approximate surface area is 94.4 Å². The summed E-state index contributed by atoms with van der Waals surface area (Å²) >= 11 is 0. The minimum atomic E-state index is -0.238. The van der Waals surface area contributed by atoms with Crippen LogP contribution < -0.4 is 10.6 Å². The van der Waals surface area contributed by atoms with Crippen LogP contribution in [0.4, 0.5) is 0 Å². The molecule has 0 aromatic heterocycles. The molecule has 0 unspecified atom stereocenters. The molecule has 0 spiro atoms. The van der Waals surface area contributed by atoms with E-state index < -0.39 is 0 Å². The Balaban J connectivity index is 2.30. The second kappa shape index (κ2) is 6.40. The van der Waals surface area contributed by atoms with Gasteiger partial charge in [-0.2, -0.15) is 0 Å². The Morgan fingerprint density at radius 1 is 1.25 bits per heavy atom. The van der Waals surface area contributed by atoms with Crippen LogP contribution in [0.5, 0.6) is 0 Å². The molecular weight excluding hydrogens is 204 g/mol. The molecule has 0 aliphatic heterocycles. The van der Waals surface area contributed by atoms with Crippen molar-refractivity contribution < 1.29 is 9.59 Å². The first-order valence-corrected chi connectivity index (χ1v) is 4.94. The average molecular weight is 218 g/mol. The van der Waals surface area contributed by atoms with E-state index in [4.69, 9.17) is 0 Å². The number of carbonyl (C=O) groups is 2. The molecule has 0 bridgehead atoms. The van der Waals surface area contributed by atoms with Gasteiger partial charge in [-0.3, -0.25) is 9.59 Å². The second-order valence-corrected chi connectivity index (χ2v) is 3.24. The van der Waals surface area contributed by atoms with Crippen LogP contribution in [0.2, 0.25) is 0 Å². The summed E-state index contributed by atoms with van der Waals surface area (Å²) in [5.41, 5.74) is 1.03. The zero-order valence-electron chi connectivity index (χ0n) is 9.07. The molecule has 0 fully saturated rings. The number of benzene rings is 1. The lowest BCUT2D eigenvalue weighted by molar-refractivity contribution is -0.118. The summed E-state index contributed by atoms with van der Waals surface area (Å²) in [7, 11) is 0. The maximum Gasteiger partial charge on any atom is 0.245 e. The molecule has 0 atom stereocenters. The van der Waals surface area contributed by atoms with E-state index in [-0.39, 0.29) is 11.8 Å². The van der Waals surface area contributed by atoms with E-state index in [9.17, 15) is 9.59 Å². The lowest BCUT2D eigenvalue weighted by Crippen LogP contribution is -2.21. The normalized spacial score (nSPS) is 10.1. The molecule has 0 saturated carbocycles. The molecule has 0 radical (unpaired) electrons. The topological polar surface area (TPSA) is 58.2 Å². The van der Waals surface area contributed by atoms with Gasteiger partial charge in [0.1, 0.15) is 0 Å². The maximum absolute atomic E-state index is 11.2. The molecule has 1 aromatic rings. The quantitative estimate of drug-likeness (QED) is 0.739. The summed E-state index contributed by atoms with van der Waals surface area (Å²) in [6.45, 7) is 1.86. The molecule has 1 aromatic carbocycles. The van der Waals surface area contributed by atoms with Gasteiger partial charge in [-0.15, -0.1) is 0 Å². The molecule has 0 aliphatic rings. The third-order valence-electron chi connectivity index (χ3n) is 1.83. The molecule has 0 aliphatic carbocycles. The first-order chi connectivity index (χ1) is 7.68. The summed E-state index contributed by atoms with van der Waals surface area (Å²) in [5.74, 6) is -0.440. The molecular formula is C12H14N2O2. The van der Waals surface area contributed by atoms with Crippen molar-refractivity contribution in [3.63, 3.8) is 0 Å². The Kier molecular flexibility index (Phi) is 4.79. The van der Waals surface area contributed by atoms with Gasteiger partial charge in [-0.25, -0.2) is 0 Å². The first kappa shape index (κ1) is 12.0. The molecule has 1 rings (SSSR count). The summed E-state index contributed by atoms with van der Waals surface area (Å²) in [5, 5.41) is 5.09. The Morgan fingerprint density at radius 2 is 1.94 bits per heavy atom. The van der Waals surface area contributed by atoms with Gasteiger partial charge in [0, 0.05) is 25.7 Å². The van der Waals surface area contributed by atoms with Gasteiger partial charge in [0.2, 0.25) is 11.8 Å². The molecule has 4 nitrogen and oxygen atoms in total. The van der Waals surface area contributed by atoms with Gasteiger partial charge >= 0.3 is 0 Å². The lowest BCUT2D eigenvalue weighted by atomic mass is 10.2. The van der Waals surface area contributed by atoms with Crippen molar-refractivity contribution in [3.05, 3.63) is 48.2 Å². The van der Waals surface area contributed by atoms with Gasteiger partial charge in [-0.05, 0) is 5.56 Å². The van der Waals surface area contributed by atoms with Gasteiger partial charge in [0.15, 0.2) is 0 Å². The van der Waals surface area contributed by atoms with Gasteiger partial charge in [0.25, 0.3) is 0 Å². The zero-order chi connectivity index (χ0) is 11.8. The number of carbonyl (C=O) groups excluding carboxylic acids is 2. The predicted molar refractivity (Wildman–Crippen MR) is 61.2 cm³/mol. The Hall–Kier alpha value is -2.10. The fraction of sp³-hybridized carbons (Fsp3) is 0.167. The summed E-state index contributed by atoms with van der Waals surface area (Å²) in [6, 6.07) is 9.60. The minimum Gasteiger partial charge on any atom is -0.348 e. The van der Waals surface area contributed by atoms with Crippen molar-refractivity contribution in [2.24, 2.45) is 0 Å². The largest absolute Gasteiger partial charge is 0.348 e. The van der Waals surface area contributed by atoms with E-state index in [0.717, 1.165) is 5.56 Å². The third kappa shape index (κ3) is 4.95. The molecule has 2 amide bonds. The smallest absolute Gasteiger partial charge is 0.245 e. The SMILES string of the molecule is CC(=O)N/C=C/C(=O)NCc1ccccc1. The Morgan fingerprint density at radius 3 is 2.56 bits per heavy atom. The van der Waals surface area contributed by atoms with Gasteiger partial charge in [-0.1, -0.05) is 30.3 Å². The predicted octanol–water partition coefficient (Wildman–Crippen LogP) is 0.953. The zero-order valence-corrected chi connectivity index (χ0v) is 9.07. The van der Waals surface area contributed by atoms with E-state index in [0.29, 0.717) is 6.54 Å². The van der Waals surface area contributed by atoms with Crippen LogP contribution in [0, 0.1) is 0 Å². The van der Waals surface area contributed by atoms with Crippen LogP contribution in [0.15, 0.2) is 42.6 Å². The van der Waals surface area contributed by atoms with Crippen molar-refractivity contribution >= 4 is 11.8 Å². The number of amides is 2. The molecule has 84 valence electrons. The Bertz CT molecular complexity index is 385. The van der Waals surface area contributed by atoms with Crippen LogP contribution in [0.25, 0.3) is 0 Å². The van der Waals surface area contributed by atoms with Crippen molar-refractivity contribution in [3.8, 4) is 0 Å². The molecule has 4 heteroatoms. The number of nitrogens with one attached hydrogen (secondary N) is 2.